The Morgan fingerprint density at radius 2 is 2.03 bits per heavy atom. The average Bonchev–Trinajstić information content (AvgIpc) is 3.16. The molecule has 29 heavy (non-hydrogen) atoms. The minimum absolute atomic E-state index is 0.0361. The molecule has 4 rings (SSSR count). The third kappa shape index (κ3) is 4.25. The van der Waals surface area contributed by atoms with Crippen molar-refractivity contribution in [2.45, 2.75) is 12.8 Å². The van der Waals surface area contributed by atoms with E-state index in [-0.39, 0.29) is 11.9 Å². The molecule has 6 heteroatoms. The van der Waals surface area contributed by atoms with Gasteiger partial charge in [-0.3, -0.25) is 4.98 Å². The van der Waals surface area contributed by atoms with Crippen LogP contribution in [0, 0.1) is 6.92 Å². The maximum atomic E-state index is 12.6. The number of hydrogen-bond acceptors (Lipinski definition) is 2. The van der Waals surface area contributed by atoms with Crippen molar-refractivity contribution in [3.05, 3.63) is 94.9 Å². The topological polar surface area (TPSA) is 69.8 Å². The molecule has 0 saturated carbocycles. The summed E-state index contributed by atoms with van der Waals surface area (Å²) in [6.45, 7) is 2.36. The molecule has 2 aromatic heterocycles. The van der Waals surface area contributed by atoms with E-state index in [9.17, 15) is 4.79 Å². The van der Waals surface area contributed by atoms with Crippen LogP contribution in [0.25, 0.3) is 10.9 Å². The van der Waals surface area contributed by atoms with Crippen molar-refractivity contribution in [1.29, 1.82) is 0 Å². The lowest BCUT2D eigenvalue weighted by Crippen LogP contribution is -2.33. The number of aromatic amines is 1. The van der Waals surface area contributed by atoms with E-state index in [1.807, 2.05) is 55.7 Å². The number of halogens is 1. The van der Waals surface area contributed by atoms with E-state index < -0.39 is 0 Å². The number of urea groups is 1. The van der Waals surface area contributed by atoms with Crippen LogP contribution in [0.4, 0.5) is 10.5 Å². The van der Waals surface area contributed by atoms with Gasteiger partial charge in [-0.2, -0.15) is 0 Å². The van der Waals surface area contributed by atoms with Gasteiger partial charge in [-0.15, -0.1) is 0 Å². The first-order valence-corrected chi connectivity index (χ1v) is 9.76. The molecule has 146 valence electrons. The lowest BCUT2D eigenvalue weighted by molar-refractivity contribution is 0.252. The summed E-state index contributed by atoms with van der Waals surface area (Å²) < 4.78 is 0. The Balaban J connectivity index is 1.56. The van der Waals surface area contributed by atoms with Crippen molar-refractivity contribution in [2.75, 3.05) is 11.9 Å². The van der Waals surface area contributed by atoms with Crippen molar-refractivity contribution >= 4 is 34.2 Å². The normalized spacial score (nSPS) is 11.9. The number of nitrogens with zero attached hydrogens (tertiary/aromatic N) is 1. The van der Waals surface area contributed by atoms with Crippen molar-refractivity contribution in [1.82, 2.24) is 15.3 Å². The zero-order valence-corrected chi connectivity index (χ0v) is 16.7. The zero-order valence-electron chi connectivity index (χ0n) is 15.9. The molecular weight excluding hydrogens is 384 g/mol. The molecule has 0 aliphatic heterocycles. The highest BCUT2D eigenvalue weighted by Crippen LogP contribution is 2.30. The molecule has 2 amide bonds. The predicted molar refractivity (Wildman–Crippen MR) is 118 cm³/mol. The van der Waals surface area contributed by atoms with Crippen LogP contribution in [0.2, 0.25) is 5.02 Å². The summed E-state index contributed by atoms with van der Waals surface area (Å²) >= 11 is 6.05. The Hall–Kier alpha value is -3.31. The summed E-state index contributed by atoms with van der Waals surface area (Å²) in [5.41, 5.74) is 4.87. The summed E-state index contributed by atoms with van der Waals surface area (Å²) in [4.78, 5) is 20.1. The summed E-state index contributed by atoms with van der Waals surface area (Å²) in [5.74, 6) is -0.0361. The van der Waals surface area contributed by atoms with Crippen LogP contribution in [0.15, 0.2) is 73.2 Å². The van der Waals surface area contributed by atoms with Gasteiger partial charge in [0.15, 0.2) is 0 Å². The van der Waals surface area contributed by atoms with E-state index in [1.165, 1.54) is 0 Å². The summed E-state index contributed by atoms with van der Waals surface area (Å²) in [7, 11) is 0. The Bertz CT molecular complexity index is 1140. The predicted octanol–water partition coefficient (Wildman–Crippen LogP) is 5.48. The smallest absolute Gasteiger partial charge is 0.319 e. The Kier molecular flexibility index (Phi) is 5.49. The van der Waals surface area contributed by atoms with Gasteiger partial charge in [0, 0.05) is 52.7 Å². The highest BCUT2D eigenvalue weighted by atomic mass is 35.5. The molecule has 3 N–H and O–H groups in total. The molecule has 0 aliphatic rings. The Labute approximate surface area is 174 Å². The summed E-state index contributed by atoms with van der Waals surface area (Å²) in [5, 5.41) is 7.59. The van der Waals surface area contributed by atoms with Crippen LogP contribution in [-0.4, -0.2) is 22.5 Å². The molecule has 0 saturated heterocycles. The van der Waals surface area contributed by atoms with Gasteiger partial charge >= 0.3 is 6.03 Å². The molecule has 0 radical (unpaired) electrons. The number of para-hydroxylation sites is 1. The lowest BCUT2D eigenvalue weighted by Gasteiger charge is -2.18. The second kappa shape index (κ2) is 8.37. The van der Waals surface area contributed by atoms with E-state index in [0.717, 1.165) is 27.6 Å². The molecule has 0 fully saturated rings. The molecular formula is C23H21ClN4O. The van der Waals surface area contributed by atoms with Crippen molar-refractivity contribution in [2.24, 2.45) is 0 Å². The minimum Gasteiger partial charge on any atom is -0.361 e. The maximum absolute atomic E-state index is 12.6. The van der Waals surface area contributed by atoms with E-state index in [1.54, 1.807) is 18.3 Å². The van der Waals surface area contributed by atoms with Gasteiger partial charge in [-0.05, 0) is 47.9 Å². The van der Waals surface area contributed by atoms with Crippen LogP contribution >= 0.6 is 11.6 Å². The van der Waals surface area contributed by atoms with Gasteiger partial charge in [0.1, 0.15) is 0 Å². The van der Waals surface area contributed by atoms with E-state index in [2.05, 4.69) is 26.7 Å². The number of aryl methyl sites for hydroxylation is 1. The van der Waals surface area contributed by atoms with Crippen molar-refractivity contribution in [3.63, 3.8) is 0 Å². The van der Waals surface area contributed by atoms with Crippen LogP contribution in [-0.2, 0) is 0 Å². The number of benzene rings is 2. The SMILES string of the molecule is Cc1ccc(Cl)cc1NC(=O)NC[C@@H](c1cccnc1)c1c[nH]c2ccccc12. The number of nitrogens with one attached hydrogen (secondary N) is 3. The highest BCUT2D eigenvalue weighted by Gasteiger charge is 2.19. The van der Waals surface area contributed by atoms with Crippen LogP contribution in [0.5, 0.6) is 0 Å². The van der Waals surface area contributed by atoms with E-state index in [0.29, 0.717) is 17.3 Å². The van der Waals surface area contributed by atoms with Crippen LogP contribution in [0.1, 0.15) is 22.6 Å². The average molecular weight is 405 g/mol. The quantitative estimate of drug-likeness (QED) is 0.412. The van der Waals surface area contributed by atoms with E-state index >= 15 is 0 Å². The van der Waals surface area contributed by atoms with Gasteiger partial charge in [-0.1, -0.05) is 41.9 Å². The third-order valence-electron chi connectivity index (χ3n) is 5.00. The molecule has 2 heterocycles. The van der Waals surface area contributed by atoms with Gasteiger partial charge in [0.05, 0.1) is 0 Å². The number of rotatable bonds is 5. The van der Waals surface area contributed by atoms with Gasteiger partial charge in [-0.25, -0.2) is 4.79 Å². The van der Waals surface area contributed by atoms with Gasteiger partial charge < -0.3 is 15.6 Å². The largest absolute Gasteiger partial charge is 0.361 e. The van der Waals surface area contributed by atoms with E-state index in [4.69, 9.17) is 11.6 Å². The summed E-state index contributed by atoms with van der Waals surface area (Å²) in [6, 6.07) is 17.2. The number of anilines is 1. The Morgan fingerprint density at radius 1 is 1.17 bits per heavy atom. The number of fused-ring (bicyclic) bond motifs is 1. The molecule has 5 nitrogen and oxygen atoms in total. The fourth-order valence-electron chi connectivity index (χ4n) is 3.46. The number of carbonyl (C=O) groups is 1. The fourth-order valence-corrected chi connectivity index (χ4v) is 3.63. The van der Waals surface area contributed by atoms with Gasteiger partial charge in [0.25, 0.3) is 0 Å². The molecule has 2 aromatic carbocycles. The third-order valence-corrected chi connectivity index (χ3v) is 5.23. The molecule has 0 unspecified atom stereocenters. The fraction of sp³-hybridized carbons (Fsp3) is 0.130. The number of hydrogen-bond donors (Lipinski definition) is 3. The number of pyridine rings is 1. The summed E-state index contributed by atoms with van der Waals surface area (Å²) in [6.07, 6.45) is 5.59. The zero-order chi connectivity index (χ0) is 20.2. The van der Waals surface area contributed by atoms with Crippen molar-refractivity contribution < 1.29 is 4.79 Å². The van der Waals surface area contributed by atoms with Gasteiger partial charge in [0.2, 0.25) is 0 Å². The van der Waals surface area contributed by atoms with Crippen LogP contribution in [0.3, 0.4) is 0 Å². The molecule has 0 aliphatic carbocycles. The first-order valence-electron chi connectivity index (χ1n) is 9.39. The lowest BCUT2D eigenvalue weighted by atomic mass is 9.92. The molecule has 0 bridgehead atoms. The number of H-pyrrole nitrogens is 1. The number of amides is 2. The second-order valence-corrected chi connectivity index (χ2v) is 7.36. The maximum Gasteiger partial charge on any atom is 0.319 e. The minimum atomic E-state index is -0.274. The van der Waals surface area contributed by atoms with Crippen LogP contribution < -0.4 is 10.6 Å². The molecule has 4 aromatic rings. The monoisotopic (exact) mass is 404 g/mol. The first-order chi connectivity index (χ1) is 14.1. The Morgan fingerprint density at radius 3 is 2.86 bits per heavy atom. The number of aromatic nitrogens is 2. The molecule has 0 spiro atoms. The van der Waals surface area contributed by atoms with Crippen molar-refractivity contribution in [3.8, 4) is 0 Å². The molecule has 1 atom stereocenters. The first kappa shape index (κ1) is 19.0. The second-order valence-electron chi connectivity index (χ2n) is 6.92. The number of carbonyl (C=O) groups excluding carboxylic acids is 1. The standard InChI is InChI=1S/C23H21ClN4O/c1-15-8-9-17(24)11-22(15)28-23(29)27-13-19(16-5-4-10-25-12-16)20-14-26-21-7-3-2-6-18(20)21/h2-12,14,19,26H,13H2,1H3,(H2,27,28,29)/t19-/m0/s1. The highest BCUT2D eigenvalue weighted by molar-refractivity contribution is 6.31.